The van der Waals surface area contributed by atoms with E-state index in [1.54, 1.807) is 22.1 Å². The highest BCUT2D eigenvalue weighted by molar-refractivity contribution is 5.85. The minimum Gasteiger partial charge on any atom is -0.469 e. The zero-order valence-electron chi connectivity index (χ0n) is 18.3. The van der Waals surface area contributed by atoms with Gasteiger partial charge in [0.05, 0.1) is 26.0 Å². The fourth-order valence-corrected chi connectivity index (χ4v) is 3.46. The lowest BCUT2D eigenvalue weighted by atomic mass is 10.1. The van der Waals surface area contributed by atoms with Gasteiger partial charge in [-0.05, 0) is 44.7 Å². The molecular formula is C22H34N2O6. The second kappa shape index (κ2) is 12.4. The summed E-state index contributed by atoms with van der Waals surface area (Å²) in [7, 11) is 1.33. The average molecular weight is 423 g/mol. The Bertz CT molecular complexity index is 669. The van der Waals surface area contributed by atoms with Crippen LogP contribution in [-0.2, 0) is 30.4 Å². The van der Waals surface area contributed by atoms with Crippen LogP contribution in [0, 0.1) is 0 Å². The maximum absolute atomic E-state index is 13.2. The van der Waals surface area contributed by atoms with E-state index in [4.69, 9.17) is 9.15 Å². The van der Waals surface area contributed by atoms with Crippen molar-refractivity contribution in [2.45, 2.75) is 71.1 Å². The van der Waals surface area contributed by atoms with Crippen molar-refractivity contribution >= 4 is 17.8 Å². The first-order valence-corrected chi connectivity index (χ1v) is 10.7. The molecule has 0 saturated carbocycles. The van der Waals surface area contributed by atoms with Crippen LogP contribution in [-0.4, -0.2) is 66.5 Å². The number of ether oxygens (including phenoxy) is 2. The van der Waals surface area contributed by atoms with Gasteiger partial charge in [-0.15, -0.1) is 0 Å². The quantitative estimate of drug-likeness (QED) is 0.481. The van der Waals surface area contributed by atoms with Crippen molar-refractivity contribution < 1.29 is 28.3 Å². The fraction of sp³-hybridized carbons (Fsp3) is 0.682. The Hall–Kier alpha value is -2.35. The van der Waals surface area contributed by atoms with E-state index in [0.717, 1.165) is 19.3 Å². The Morgan fingerprint density at radius 2 is 2.07 bits per heavy atom. The second-order valence-electron chi connectivity index (χ2n) is 7.70. The summed E-state index contributed by atoms with van der Waals surface area (Å²) in [6.45, 7) is 5.45. The van der Waals surface area contributed by atoms with Crippen LogP contribution in [0.4, 0.5) is 0 Å². The highest BCUT2D eigenvalue weighted by Gasteiger charge is 2.28. The third-order valence-corrected chi connectivity index (χ3v) is 5.48. The molecule has 0 bridgehead atoms. The maximum Gasteiger partial charge on any atom is 0.305 e. The Morgan fingerprint density at radius 1 is 1.27 bits per heavy atom. The van der Waals surface area contributed by atoms with Gasteiger partial charge in [0.1, 0.15) is 12.3 Å². The van der Waals surface area contributed by atoms with Gasteiger partial charge in [-0.3, -0.25) is 14.4 Å². The minimum absolute atomic E-state index is 0.000503. The molecule has 2 unspecified atom stereocenters. The monoisotopic (exact) mass is 422 g/mol. The average Bonchev–Trinajstić information content (AvgIpc) is 3.44. The minimum atomic E-state index is -0.338. The van der Waals surface area contributed by atoms with Crippen LogP contribution in [0.5, 0.6) is 0 Å². The molecule has 0 spiro atoms. The predicted molar refractivity (Wildman–Crippen MR) is 110 cm³/mol. The van der Waals surface area contributed by atoms with Crippen LogP contribution in [0.25, 0.3) is 0 Å². The van der Waals surface area contributed by atoms with E-state index >= 15 is 0 Å². The first-order chi connectivity index (χ1) is 14.4. The summed E-state index contributed by atoms with van der Waals surface area (Å²) in [5.41, 5.74) is 0. The van der Waals surface area contributed by atoms with E-state index in [9.17, 15) is 14.4 Å². The number of carbonyl (C=O) groups excluding carboxylic acids is 3. The number of hydrogen-bond acceptors (Lipinski definition) is 6. The molecule has 8 nitrogen and oxygen atoms in total. The number of nitrogens with zero attached hydrogens (tertiary/aromatic N) is 2. The standard InChI is InChI=1S/C22H34N2O6/c1-4-17(2)24(20(25)10-5-11-22(27)28-3)16-21(26)23(14-18-8-6-12-29-18)15-19-9-7-13-30-19/h6,8,12,17,19H,4-5,7,9-11,13-16H2,1-3H3. The SMILES string of the molecule is CCC(C)N(CC(=O)N(Cc1ccco1)CC1CCCO1)C(=O)CCCC(=O)OC. The number of methoxy groups -OCH3 is 1. The molecule has 8 heteroatoms. The molecule has 1 aromatic heterocycles. The summed E-state index contributed by atoms with van der Waals surface area (Å²) in [6.07, 6.45) is 5.04. The van der Waals surface area contributed by atoms with Crippen molar-refractivity contribution in [1.82, 2.24) is 9.80 Å². The topological polar surface area (TPSA) is 89.3 Å². The summed E-state index contributed by atoms with van der Waals surface area (Å²) in [6, 6.07) is 3.55. The van der Waals surface area contributed by atoms with Crippen LogP contribution >= 0.6 is 0 Å². The van der Waals surface area contributed by atoms with Gasteiger partial charge in [-0.2, -0.15) is 0 Å². The zero-order valence-corrected chi connectivity index (χ0v) is 18.3. The van der Waals surface area contributed by atoms with Crippen LogP contribution < -0.4 is 0 Å². The van der Waals surface area contributed by atoms with Gasteiger partial charge in [0.2, 0.25) is 11.8 Å². The van der Waals surface area contributed by atoms with Crippen LogP contribution in [0.2, 0.25) is 0 Å². The normalized spacial score (nSPS) is 16.8. The van der Waals surface area contributed by atoms with E-state index in [0.29, 0.717) is 31.9 Å². The molecule has 1 aliphatic heterocycles. The van der Waals surface area contributed by atoms with Crippen molar-refractivity contribution in [3.05, 3.63) is 24.2 Å². The molecule has 30 heavy (non-hydrogen) atoms. The number of hydrogen-bond donors (Lipinski definition) is 0. The number of carbonyl (C=O) groups is 3. The van der Waals surface area contributed by atoms with E-state index < -0.39 is 0 Å². The first kappa shape index (κ1) is 23.9. The highest BCUT2D eigenvalue weighted by Crippen LogP contribution is 2.17. The summed E-state index contributed by atoms with van der Waals surface area (Å²) < 4.78 is 15.8. The third-order valence-electron chi connectivity index (χ3n) is 5.48. The van der Waals surface area contributed by atoms with E-state index in [1.807, 2.05) is 19.9 Å². The van der Waals surface area contributed by atoms with Crippen molar-refractivity contribution in [3.63, 3.8) is 0 Å². The highest BCUT2D eigenvalue weighted by atomic mass is 16.5. The molecule has 1 saturated heterocycles. The van der Waals surface area contributed by atoms with E-state index in [2.05, 4.69) is 4.74 Å². The lowest BCUT2D eigenvalue weighted by Gasteiger charge is -2.32. The molecule has 1 aromatic rings. The molecule has 2 heterocycles. The summed E-state index contributed by atoms with van der Waals surface area (Å²) >= 11 is 0. The third kappa shape index (κ3) is 7.48. The molecule has 1 fully saturated rings. The van der Waals surface area contributed by atoms with Crippen LogP contribution in [0.1, 0.15) is 58.1 Å². The van der Waals surface area contributed by atoms with Gasteiger partial charge in [-0.25, -0.2) is 0 Å². The predicted octanol–water partition coefficient (Wildman–Crippen LogP) is 2.76. The van der Waals surface area contributed by atoms with Gasteiger partial charge in [0, 0.05) is 32.0 Å². The summed E-state index contributed by atoms with van der Waals surface area (Å²) in [5, 5.41) is 0. The van der Waals surface area contributed by atoms with Gasteiger partial charge >= 0.3 is 5.97 Å². The largest absolute Gasteiger partial charge is 0.469 e. The number of rotatable bonds is 12. The maximum atomic E-state index is 13.2. The zero-order chi connectivity index (χ0) is 21.9. The number of furan rings is 1. The first-order valence-electron chi connectivity index (χ1n) is 10.7. The smallest absolute Gasteiger partial charge is 0.305 e. The summed E-state index contributed by atoms with van der Waals surface area (Å²) in [4.78, 5) is 40.6. The van der Waals surface area contributed by atoms with Gasteiger partial charge < -0.3 is 23.7 Å². The lowest BCUT2D eigenvalue weighted by Crippen LogP contribution is -2.47. The molecule has 2 rings (SSSR count). The molecular weight excluding hydrogens is 388 g/mol. The molecule has 2 amide bonds. The lowest BCUT2D eigenvalue weighted by molar-refractivity contribution is -0.144. The molecule has 2 atom stereocenters. The van der Waals surface area contributed by atoms with E-state index in [-0.39, 0.29) is 49.3 Å². The van der Waals surface area contributed by atoms with Crippen molar-refractivity contribution in [2.75, 3.05) is 26.8 Å². The van der Waals surface area contributed by atoms with Crippen molar-refractivity contribution in [1.29, 1.82) is 0 Å². The van der Waals surface area contributed by atoms with E-state index in [1.165, 1.54) is 7.11 Å². The van der Waals surface area contributed by atoms with Crippen molar-refractivity contribution in [3.8, 4) is 0 Å². The number of amides is 2. The Labute approximate surface area is 178 Å². The Balaban J connectivity index is 2.02. The van der Waals surface area contributed by atoms with Crippen molar-refractivity contribution in [2.24, 2.45) is 0 Å². The Morgan fingerprint density at radius 3 is 2.67 bits per heavy atom. The van der Waals surface area contributed by atoms with Crippen LogP contribution in [0.3, 0.4) is 0 Å². The molecule has 1 aliphatic rings. The van der Waals surface area contributed by atoms with Gasteiger partial charge in [0.25, 0.3) is 0 Å². The molecule has 168 valence electrons. The molecule has 0 N–H and O–H groups in total. The molecule has 0 aliphatic carbocycles. The molecule has 0 radical (unpaired) electrons. The molecule has 0 aromatic carbocycles. The van der Waals surface area contributed by atoms with Crippen LogP contribution in [0.15, 0.2) is 22.8 Å². The summed E-state index contributed by atoms with van der Waals surface area (Å²) in [5.74, 6) is 0.0937. The van der Waals surface area contributed by atoms with Gasteiger partial charge in [-0.1, -0.05) is 6.92 Å². The Kier molecular flexibility index (Phi) is 9.86. The fourth-order valence-electron chi connectivity index (χ4n) is 3.46. The number of esters is 1. The second-order valence-corrected chi connectivity index (χ2v) is 7.70. The van der Waals surface area contributed by atoms with Gasteiger partial charge in [0.15, 0.2) is 0 Å².